The van der Waals surface area contributed by atoms with Crippen LogP contribution in [-0.4, -0.2) is 17.8 Å². The summed E-state index contributed by atoms with van der Waals surface area (Å²) in [7, 11) is 0. The van der Waals surface area contributed by atoms with E-state index in [-0.39, 0.29) is 6.04 Å². The summed E-state index contributed by atoms with van der Waals surface area (Å²) < 4.78 is 5.51. The van der Waals surface area contributed by atoms with Gasteiger partial charge in [-0.1, -0.05) is 24.3 Å². The van der Waals surface area contributed by atoms with E-state index < -0.39 is 6.10 Å². The van der Waals surface area contributed by atoms with Crippen molar-refractivity contribution in [3.8, 4) is 5.75 Å². The second-order valence-electron chi connectivity index (χ2n) is 5.52. The second kappa shape index (κ2) is 4.53. The molecule has 2 aromatic rings. The van der Waals surface area contributed by atoms with E-state index in [9.17, 15) is 5.11 Å². The minimum atomic E-state index is -0.492. The lowest BCUT2D eigenvalue weighted by Crippen LogP contribution is -2.24. The van der Waals surface area contributed by atoms with Gasteiger partial charge in [0.15, 0.2) is 0 Å². The van der Waals surface area contributed by atoms with Gasteiger partial charge in [-0.15, -0.1) is 0 Å². The van der Waals surface area contributed by atoms with Crippen LogP contribution < -0.4 is 10.1 Å². The molecule has 0 radical (unpaired) electrons. The van der Waals surface area contributed by atoms with Gasteiger partial charge in [-0.05, 0) is 41.3 Å². The average molecular weight is 267 g/mol. The molecule has 0 amide bonds. The Balaban J connectivity index is 1.58. The monoisotopic (exact) mass is 267 g/mol. The molecule has 0 fully saturated rings. The van der Waals surface area contributed by atoms with Crippen molar-refractivity contribution in [2.75, 3.05) is 11.9 Å². The number of hydrogen-bond donors (Lipinski definition) is 2. The topological polar surface area (TPSA) is 41.5 Å². The molecule has 2 aliphatic heterocycles. The molecule has 2 aliphatic rings. The normalized spacial score (nSPS) is 20.8. The fourth-order valence-electron chi connectivity index (χ4n) is 3.14. The van der Waals surface area contributed by atoms with Crippen molar-refractivity contribution in [1.82, 2.24) is 0 Å². The van der Waals surface area contributed by atoms with Crippen molar-refractivity contribution in [3.05, 3.63) is 59.2 Å². The maximum Gasteiger partial charge on any atom is 0.122 e. The molecule has 4 rings (SSSR count). The number of aliphatic hydroxyl groups is 1. The fourth-order valence-corrected chi connectivity index (χ4v) is 3.14. The molecule has 0 saturated carbocycles. The Morgan fingerprint density at radius 1 is 1.15 bits per heavy atom. The molecular formula is C17H17NO2. The molecule has 102 valence electrons. The molecule has 2 unspecified atom stereocenters. The summed E-state index contributed by atoms with van der Waals surface area (Å²) in [5, 5.41) is 14.0. The third-order valence-corrected chi connectivity index (χ3v) is 4.23. The highest BCUT2D eigenvalue weighted by molar-refractivity contribution is 5.57. The quantitative estimate of drug-likeness (QED) is 0.879. The van der Waals surface area contributed by atoms with E-state index in [0.717, 1.165) is 36.4 Å². The van der Waals surface area contributed by atoms with Crippen LogP contribution in [0.3, 0.4) is 0 Å². The predicted molar refractivity (Wildman–Crippen MR) is 78.2 cm³/mol. The van der Waals surface area contributed by atoms with Crippen LogP contribution in [0, 0.1) is 0 Å². The van der Waals surface area contributed by atoms with Crippen molar-refractivity contribution in [3.63, 3.8) is 0 Å². The zero-order valence-corrected chi connectivity index (χ0v) is 11.2. The largest absolute Gasteiger partial charge is 0.493 e. The Morgan fingerprint density at radius 2 is 2.05 bits per heavy atom. The molecule has 3 nitrogen and oxygen atoms in total. The average Bonchev–Trinajstić information content (AvgIpc) is 3.11. The zero-order chi connectivity index (χ0) is 13.5. The van der Waals surface area contributed by atoms with Gasteiger partial charge in [-0.25, -0.2) is 0 Å². The van der Waals surface area contributed by atoms with E-state index in [1.165, 1.54) is 11.1 Å². The van der Waals surface area contributed by atoms with Crippen molar-refractivity contribution < 1.29 is 9.84 Å². The first-order chi connectivity index (χ1) is 9.81. The van der Waals surface area contributed by atoms with Gasteiger partial charge in [-0.2, -0.15) is 0 Å². The number of hydrogen-bond acceptors (Lipinski definition) is 3. The van der Waals surface area contributed by atoms with Crippen LogP contribution in [0.5, 0.6) is 5.75 Å². The van der Waals surface area contributed by atoms with E-state index in [2.05, 4.69) is 23.5 Å². The number of fused-ring (bicyclic) bond motifs is 2. The first kappa shape index (κ1) is 11.8. The Bertz CT molecular complexity index is 628. The Morgan fingerprint density at radius 3 is 2.95 bits per heavy atom. The number of nitrogens with one attached hydrogen (secondary N) is 1. The van der Waals surface area contributed by atoms with Crippen LogP contribution in [0.1, 0.15) is 22.8 Å². The molecule has 3 heteroatoms. The lowest BCUT2D eigenvalue weighted by Gasteiger charge is -2.20. The van der Waals surface area contributed by atoms with E-state index >= 15 is 0 Å². The van der Waals surface area contributed by atoms with Crippen molar-refractivity contribution >= 4 is 5.69 Å². The van der Waals surface area contributed by atoms with Crippen LogP contribution in [0.15, 0.2) is 42.5 Å². The summed E-state index contributed by atoms with van der Waals surface area (Å²) >= 11 is 0. The number of aliphatic hydroxyl groups excluding tert-OH is 1. The third-order valence-electron chi connectivity index (χ3n) is 4.23. The summed E-state index contributed by atoms with van der Waals surface area (Å²) in [5.74, 6) is 0.962. The van der Waals surface area contributed by atoms with Crippen molar-refractivity contribution in [2.45, 2.75) is 25.0 Å². The van der Waals surface area contributed by atoms with Gasteiger partial charge in [0.2, 0.25) is 0 Å². The minimum Gasteiger partial charge on any atom is -0.493 e. The Hall–Kier alpha value is -2.00. The van der Waals surface area contributed by atoms with Crippen LogP contribution in [0.2, 0.25) is 0 Å². The van der Waals surface area contributed by atoms with Gasteiger partial charge in [0.1, 0.15) is 5.75 Å². The number of benzene rings is 2. The summed E-state index contributed by atoms with van der Waals surface area (Å²) in [6.07, 6.45) is 1.31. The van der Waals surface area contributed by atoms with E-state index in [1.807, 2.05) is 24.3 Å². The highest BCUT2D eigenvalue weighted by atomic mass is 16.5. The van der Waals surface area contributed by atoms with Gasteiger partial charge in [-0.3, -0.25) is 0 Å². The summed E-state index contributed by atoms with van der Waals surface area (Å²) in [4.78, 5) is 0. The van der Waals surface area contributed by atoms with Crippen LogP contribution in [0.25, 0.3) is 0 Å². The molecule has 0 aromatic heterocycles. The first-order valence-electron chi connectivity index (χ1n) is 7.09. The van der Waals surface area contributed by atoms with E-state index in [4.69, 9.17) is 4.74 Å². The summed E-state index contributed by atoms with van der Waals surface area (Å²) in [6.45, 7) is 0.752. The summed E-state index contributed by atoms with van der Waals surface area (Å²) in [6, 6.07) is 14.3. The third kappa shape index (κ3) is 1.86. The lowest BCUT2D eigenvalue weighted by molar-refractivity contribution is 0.156. The van der Waals surface area contributed by atoms with Crippen molar-refractivity contribution in [1.29, 1.82) is 0 Å². The lowest BCUT2D eigenvalue weighted by atomic mass is 9.97. The van der Waals surface area contributed by atoms with Gasteiger partial charge < -0.3 is 15.2 Å². The molecule has 2 atom stereocenters. The molecule has 0 saturated heterocycles. The fraction of sp³-hybridized carbons (Fsp3) is 0.294. The highest BCUT2D eigenvalue weighted by Crippen LogP contribution is 2.34. The standard InChI is InChI=1S/C17H17NO2/c19-17(13-5-6-16-12(9-13)7-8-20-16)15-10-11-3-1-2-4-14(11)18-15/h1-6,9,15,17-19H,7-8,10H2. The molecule has 20 heavy (non-hydrogen) atoms. The van der Waals surface area contributed by atoms with Gasteiger partial charge in [0.05, 0.1) is 18.8 Å². The molecule has 0 bridgehead atoms. The Kier molecular flexibility index (Phi) is 2.67. The van der Waals surface area contributed by atoms with Crippen LogP contribution in [0.4, 0.5) is 5.69 Å². The number of anilines is 1. The number of para-hydroxylation sites is 1. The smallest absolute Gasteiger partial charge is 0.122 e. The Labute approximate surface area is 118 Å². The van der Waals surface area contributed by atoms with Crippen LogP contribution >= 0.6 is 0 Å². The minimum absolute atomic E-state index is 0.0489. The predicted octanol–water partition coefficient (Wildman–Crippen LogP) is 2.69. The number of rotatable bonds is 2. The highest BCUT2D eigenvalue weighted by Gasteiger charge is 2.28. The van der Waals surface area contributed by atoms with Gasteiger partial charge >= 0.3 is 0 Å². The SMILES string of the molecule is OC(c1ccc2c(c1)CCO2)C1Cc2ccccc2N1. The van der Waals surface area contributed by atoms with E-state index in [0.29, 0.717) is 0 Å². The maximum absolute atomic E-state index is 10.6. The molecule has 0 spiro atoms. The van der Waals surface area contributed by atoms with Gasteiger partial charge in [0.25, 0.3) is 0 Å². The summed E-state index contributed by atoms with van der Waals surface area (Å²) in [5.41, 5.74) is 4.60. The maximum atomic E-state index is 10.6. The second-order valence-corrected chi connectivity index (χ2v) is 5.52. The molecule has 2 heterocycles. The van der Waals surface area contributed by atoms with Crippen LogP contribution in [-0.2, 0) is 12.8 Å². The molecular weight excluding hydrogens is 250 g/mol. The first-order valence-corrected chi connectivity index (χ1v) is 7.09. The molecule has 2 aromatic carbocycles. The van der Waals surface area contributed by atoms with Gasteiger partial charge in [0, 0.05) is 12.1 Å². The number of ether oxygens (including phenoxy) is 1. The molecule has 0 aliphatic carbocycles. The van der Waals surface area contributed by atoms with Crippen molar-refractivity contribution in [2.24, 2.45) is 0 Å². The van der Waals surface area contributed by atoms with E-state index in [1.54, 1.807) is 0 Å². The zero-order valence-electron chi connectivity index (χ0n) is 11.2. The molecule has 2 N–H and O–H groups in total.